The van der Waals surface area contributed by atoms with E-state index in [1.165, 1.54) is 25.7 Å². The van der Waals surface area contributed by atoms with Crippen molar-refractivity contribution in [2.24, 2.45) is 11.8 Å². The van der Waals surface area contributed by atoms with Crippen LogP contribution in [0.15, 0.2) is 0 Å². The van der Waals surface area contributed by atoms with Crippen molar-refractivity contribution >= 4 is 5.91 Å². The van der Waals surface area contributed by atoms with Crippen LogP contribution < -0.4 is 5.32 Å². The van der Waals surface area contributed by atoms with Gasteiger partial charge in [-0.05, 0) is 24.7 Å². The molecule has 0 aromatic heterocycles. The Morgan fingerprint density at radius 1 is 1.31 bits per heavy atom. The zero-order valence-electron chi connectivity index (χ0n) is 10.7. The molecule has 0 aromatic carbocycles. The van der Waals surface area contributed by atoms with Gasteiger partial charge in [0.15, 0.2) is 0 Å². The summed E-state index contributed by atoms with van der Waals surface area (Å²) in [6.07, 6.45) is 5.09. The third kappa shape index (κ3) is 2.10. The molecule has 1 heterocycles. The van der Waals surface area contributed by atoms with E-state index in [0.29, 0.717) is 23.8 Å². The Morgan fingerprint density at radius 3 is 2.56 bits per heavy atom. The van der Waals surface area contributed by atoms with Gasteiger partial charge in [0.1, 0.15) is 0 Å². The van der Waals surface area contributed by atoms with Crippen LogP contribution in [0.1, 0.15) is 46.5 Å². The molecule has 92 valence electrons. The van der Waals surface area contributed by atoms with Gasteiger partial charge in [-0.25, -0.2) is 0 Å². The SMILES string of the molecule is CC(C)C1NCN(C2CCCCC2C)C1=O. The second-order valence-corrected chi connectivity index (χ2v) is 5.72. The number of hydrogen-bond acceptors (Lipinski definition) is 2. The molecule has 3 heteroatoms. The maximum absolute atomic E-state index is 12.3. The number of nitrogens with one attached hydrogen (secondary N) is 1. The van der Waals surface area contributed by atoms with Gasteiger partial charge in [-0.1, -0.05) is 33.6 Å². The van der Waals surface area contributed by atoms with Crippen LogP contribution in [0.25, 0.3) is 0 Å². The van der Waals surface area contributed by atoms with Crippen LogP contribution in [0.4, 0.5) is 0 Å². The van der Waals surface area contributed by atoms with E-state index in [0.717, 1.165) is 6.67 Å². The second-order valence-electron chi connectivity index (χ2n) is 5.72. The summed E-state index contributed by atoms with van der Waals surface area (Å²) >= 11 is 0. The number of carbonyl (C=O) groups excluding carboxylic acids is 1. The molecule has 1 amide bonds. The first-order chi connectivity index (χ1) is 7.61. The smallest absolute Gasteiger partial charge is 0.241 e. The normalized spacial score (nSPS) is 36.1. The first-order valence-electron chi connectivity index (χ1n) is 6.65. The van der Waals surface area contributed by atoms with Crippen molar-refractivity contribution < 1.29 is 4.79 Å². The zero-order valence-corrected chi connectivity index (χ0v) is 10.7. The summed E-state index contributed by atoms with van der Waals surface area (Å²) in [5, 5.41) is 3.35. The van der Waals surface area contributed by atoms with Crippen LogP contribution in [-0.2, 0) is 4.79 Å². The number of carbonyl (C=O) groups is 1. The molecule has 1 aliphatic heterocycles. The summed E-state index contributed by atoms with van der Waals surface area (Å²) in [6, 6.07) is 0.534. The molecule has 0 spiro atoms. The molecule has 3 atom stereocenters. The number of nitrogens with zero attached hydrogens (tertiary/aromatic N) is 1. The predicted molar refractivity (Wildman–Crippen MR) is 64.9 cm³/mol. The summed E-state index contributed by atoms with van der Waals surface area (Å²) in [5.74, 6) is 1.40. The van der Waals surface area contributed by atoms with E-state index in [4.69, 9.17) is 0 Å². The van der Waals surface area contributed by atoms with Crippen LogP contribution in [-0.4, -0.2) is 29.6 Å². The fourth-order valence-electron chi connectivity index (χ4n) is 3.10. The maximum Gasteiger partial charge on any atom is 0.241 e. The van der Waals surface area contributed by atoms with Gasteiger partial charge in [-0.15, -0.1) is 0 Å². The summed E-state index contributed by atoms with van der Waals surface area (Å²) in [5.41, 5.74) is 0. The Labute approximate surface area is 98.6 Å². The van der Waals surface area contributed by atoms with Crippen molar-refractivity contribution in [3.8, 4) is 0 Å². The molecule has 0 radical (unpaired) electrons. The van der Waals surface area contributed by atoms with Gasteiger partial charge < -0.3 is 4.90 Å². The van der Waals surface area contributed by atoms with Crippen LogP contribution >= 0.6 is 0 Å². The van der Waals surface area contributed by atoms with Crippen molar-refractivity contribution in [2.45, 2.75) is 58.5 Å². The van der Waals surface area contributed by atoms with E-state index in [-0.39, 0.29) is 6.04 Å². The zero-order chi connectivity index (χ0) is 11.7. The van der Waals surface area contributed by atoms with Gasteiger partial charge in [-0.2, -0.15) is 0 Å². The molecule has 3 unspecified atom stereocenters. The Bertz CT molecular complexity index is 265. The highest BCUT2D eigenvalue weighted by atomic mass is 16.2. The van der Waals surface area contributed by atoms with E-state index in [1.807, 2.05) is 0 Å². The Hall–Kier alpha value is -0.570. The lowest BCUT2D eigenvalue weighted by atomic mass is 9.85. The molecular formula is C13H24N2O. The Balaban J connectivity index is 2.03. The molecule has 2 aliphatic rings. The minimum atomic E-state index is 0.0501. The van der Waals surface area contributed by atoms with Gasteiger partial charge in [0.25, 0.3) is 0 Å². The predicted octanol–water partition coefficient (Wildman–Crippen LogP) is 1.98. The average Bonchev–Trinajstić information content (AvgIpc) is 2.61. The number of rotatable bonds is 2. The first kappa shape index (κ1) is 11.9. The summed E-state index contributed by atoms with van der Waals surface area (Å²) in [7, 11) is 0. The van der Waals surface area contributed by atoms with Crippen molar-refractivity contribution in [3.63, 3.8) is 0 Å². The van der Waals surface area contributed by atoms with Crippen LogP contribution in [0.2, 0.25) is 0 Å². The minimum Gasteiger partial charge on any atom is -0.325 e. The van der Waals surface area contributed by atoms with E-state index in [1.54, 1.807) is 0 Å². The van der Waals surface area contributed by atoms with Crippen LogP contribution in [0.3, 0.4) is 0 Å². The van der Waals surface area contributed by atoms with Crippen molar-refractivity contribution in [1.82, 2.24) is 10.2 Å². The van der Waals surface area contributed by atoms with Crippen molar-refractivity contribution in [1.29, 1.82) is 0 Å². The Kier molecular flexibility index (Phi) is 3.53. The van der Waals surface area contributed by atoms with E-state index < -0.39 is 0 Å². The van der Waals surface area contributed by atoms with Gasteiger partial charge in [0.05, 0.1) is 12.7 Å². The maximum atomic E-state index is 12.3. The van der Waals surface area contributed by atoms with Gasteiger partial charge in [0, 0.05) is 6.04 Å². The van der Waals surface area contributed by atoms with Crippen LogP contribution in [0.5, 0.6) is 0 Å². The highest BCUT2D eigenvalue weighted by Crippen LogP contribution is 2.30. The van der Waals surface area contributed by atoms with Crippen molar-refractivity contribution in [2.75, 3.05) is 6.67 Å². The molecule has 2 rings (SSSR count). The molecular weight excluding hydrogens is 200 g/mol. The van der Waals surface area contributed by atoms with Gasteiger partial charge in [0.2, 0.25) is 5.91 Å². The molecule has 1 N–H and O–H groups in total. The highest BCUT2D eigenvalue weighted by Gasteiger charge is 2.39. The topological polar surface area (TPSA) is 32.3 Å². The highest BCUT2D eigenvalue weighted by molar-refractivity contribution is 5.84. The number of hydrogen-bond donors (Lipinski definition) is 1. The fourth-order valence-corrected chi connectivity index (χ4v) is 3.10. The molecule has 3 nitrogen and oxygen atoms in total. The van der Waals surface area contributed by atoms with Gasteiger partial charge in [-0.3, -0.25) is 10.1 Å². The summed E-state index contributed by atoms with van der Waals surface area (Å²) in [6.45, 7) is 7.28. The monoisotopic (exact) mass is 224 g/mol. The molecule has 16 heavy (non-hydrogen) atoms. The lowest BCUT2D eigenvalue weighted by molar-refractivity contribution is -0.133. The van der Waals surface area contributed by atoms with Gasteiger partial charge >= 0.3 is 0 Å². The average molecular weight is 224 g/mol. The number of amides is 1. The molecule has 1 saturated heterocycles. The lowest BCUT2D eigenvalue weighted by Gasteiger charge is -2.36. The van der Waals surface area contributed by atoms with Crippen LogP contribution in [0, 0.1) is 11.8 Å². The molecule has 2 fully saturated rings. The fraction of sp³-hybridized carbons (Fsp3) is 0.923. The molecule has 1 saturated carbocycles. The molecule has 0 aromatic rings. The van der Waals surface area contributed by atoms with E-state index in [2.05, 4.69) is 31.0 Å². The largest absolute Gasteiger partial charge is 0.325 e. The third-order valence-electron chi connectivity index (χ3n) is 4.16. The standard InChI is InChI=1S/C13H24N2O/c1-9(2)12-13(16)15(8-14-12)11-7-5-4-6-10(11)3/h9-12,14H,4-8H2,1-3H3. The van der Waals surface area contributed by atoms with E-state index >= 15 is 0 Å². The lowest BCUT2D eigenvalue weighted by Crippen LogP contribution is -2.44. The van der Waals surface area contributed by atoms with Crippen molar-refractivity contribution in [3.05, 3.63) is 0 Å². The third-order valence-corrected chi connectivity index (χ3v) is 4.16. The summed E-state index contributed by atoms with van der Waals surface area (Å²) < 4.78 is 0. The molecule has 0 bridgehead atoms. The minimum absolute atomic E-state index is 0.0501. The quantitative estimate of drug-likeness (QED) is 0.778. The Morgan fingerprint density at radius 2 is 2.00 bits per heavy atom. The second kappa shape index (κ2) is 4.74. The summed E-state index contributed by atoms with van der Waals surface area (Å²) in [4.78, 5) is 14.3. The van der Waals surface area contributed by atoms with E-state index in [9.17, 15) is 4.79 Å². The molecule has 1 aliphatic carbocycles. The first-order valence-corrected chi connectivity index (χ1v) is 6.65.